The van der Waals surface area contributed by atoms with Gasteiger partial charge >= 0.3 is 12.1 Å². The fourth-order valence-electron chi connectivity index (χ4n) is 4.20. The van der Waals surface area contributed by atoms with E-state index in [1.165, 1.54) is 13.2 Å². The fraction of sp³-hybridized carbons (Fsp3) is 0.522. The molecule has 2 aromatic rings. The normalized spacial score (nSPS) is 16.9. The molecular formula is C23H30F3N5O3. The van der Waals surface area contributed by atoms with Crippen LogP contribution in [0.5, 0.6) is 5.75 Å². The van der Waals surface area contributed by atoms with Crippen LogP contribution in [0, 0.1) is 6.92 Å². The third kappa shape index (κ3) is 6.15. The topological polar surface area (TPSA) is 114 Å². The van der Waals surface area contributed by atoms with Crippen LogP contribution in [0.2, 0.25) is 0 Å². The van der Waals surface area contributed by atoms with Gasteiger partial charge in [0.05, 0.1) is 12.7 Å². The number of carbonyl (C=O) groups is 1. The van der Waals surface area contributed by atoms with Crippen molar-refractivity contribution in [1.29, 1.82) is 0 Å². The molecule has 1 fully saturated rings. The van der Waals surface area contributed by atoms with Crippen molar-refractivity contribution in [3.05, 3.63) is 34.9 Å². The van der Waals surface area contributed by atoms with Gasteiger partial charge in [0, 0.05) is 36.7 Å². The number of nitrogens with two attached hydrogens (primary N) is 1. The standard InChI is InChI=1S/C23H30F3N5O3/c1-14-18(12-27)22(28-16-5-3-9-31(13-16)10-4-6-20(33)34-2)30-29-21(14)17-8-7-15(11-19(17)32)23(24,25)26/h7-8,11,16,32H,3-6,9-10,12-13,27H2,1-2H3,(H,28,30)/t16-/m1/s1. The second-order valence-electron chi connectivity index (χ2n) is 8.40. The van der Waals surface area contributed by atoms with Gasteiger partial charge < -0.3 is 25.8 Å². The van der Waals surface area contributed by atoms with Crippen molar-refractivity contribution in [2.24, 2.45) is 5.73 Å². The van der Waals surface area contributed by atoms with Gasteiger partial charge in [0.25, 0.3) is 0 Å². The minimum absolute atomic E-state index is 0.108. The first-order valence-corrected chi connectivity index (χ1v) is 11.2. The summed E-state index contributed by atoms with van der Waals surface area (Å²) in [6, 6.07) is 2.88. The third-order valence-corrected chi connectivity index (χ3v) is 6.06. The molecule has 1 atom stereocenters. The zero-order chi connectivity index (χ0) is 24.9. The van der Waals surface area contributed by atoms with E-state index in [0.717, 1.165) is 45.0 Å². The summed E-state index contributed by atoms with van der Waals surface area (Å²) in [6.07, 6.45) is -1.54. The molecule has 11 heteroatoms. The van der Waals surface area contributed by atoms with Crippen molar-refractivity contribution in [1.82, 2.24) is 15.1 Å². The molecule has 0 radical (unpaired) electrons. The summed E-state index contributed by atoms with van der Waals surface area (Å²) >= 11 is 0. The van der Waals surface area contributed by atoms with Crippen LogP contribution in [-0.2, 0) is 22.3 Å². The Morgan fingerprint density at radius 1 is 1.35 bits per heavy atom. The number of aromatic hydroxyl groups is 1. The summed E-state index contributed by atoms with van der Waals surface area (Å²) in [5.74, 6) is -0.216. The molecule has 1 aliphatic rings. The second kappa shape index (κ2) is 11.0. The van der Waals surface area contributed by atoms with Crippen molar-refractivity contribution in [2.75, 3.05) is 32.1 Å². The molecule has 1 saturated heterocycles. The highest BCUT2D eigenvalue weighted by Crippen LogP contribution is 2.37. The average molecular weight is 482 g/mol. The number of alkyl halides is 3. The van der Waals surface area contributed by atoms with Crippen LogP contribution in [-0.4, -0.2) is 59.0 Å². The van der Waals surface area contributed by atoms with Crippen LogP contribution < -0.4 is 11.1 Å². The lowest BCUT2D eigenvalue weighted by Crippen LogP contribution is -2.43. The lowest BCUT2D eigenvalue weighted by molar-refractivity contribution is -0.141. The number of ether oxygens (including phenoxy) is 1. The van der Waals surface area contributed by atoms with Crippen LogP contribution >= 0.6 is 0 Å². The minimum atomic E-state index is -4.56. The molecule has 0 bridgehead atoms. The number of phenols is 1. The number of hydrogen-bond donors (Lipinski definition) is 3. The smallest absolute Gasteiger partial charge is 0.416 e. The lowest BCUT2D eigenvalue weighted by Gasteiger charge is -2.33. The monoisotopic (exact) mass is 481 g/mol. The molecule has 4 N–H and O–H groups in total. The van der Waals surface area contributed by atoms with Crippen LogP contribution in [0.1, 0.15) is 42.4 Å². The fourth-order valence-corrected chi connectivity index (χ4v) is 4.20. The highest BCUT2D eigenvalue weighted by molar-refractivity contribution is 5.72. The SMILES string of the molecule is COC(=O)CCCN1CCC[C@@H](Nc2nnc(-c3ccc(C(F)(F)F)cc3O)c(C)c2CN)C1. The number of methoxy groups -OCH3 is 1. The van der Waals surface area contributed by atoms with Gasteiger partial charge in [-0.25, -0.2) is 0 Å². The number of hydrogen-bond acceptors (Lipinski definition) is 8. The molecule has 186 valence electrons. The molecule has 1 aromatic heterocycles. The molecule has 3 rings (SSSR count). The molecule has 0 saturated carbocycles. The van der Waals surface area contributed by atoms with Gasteiger partial charge in [-0.15, -0.1) is 10.2 Å². The zero-order valence-corrected chi connectivity index (χ0v) is 19.3. The van der Waals surface area contributed by atoms with Crippen molar-refractivity contribution in [2.45, 2.75) is 51.4 Å². The van der Waals surface area contributed by atoms with Crippen LogP contribution in [0.4, 0.5) is 19.0 Å². The number of carbonyl (C=O) groups excluding carboxylic acids is 1. The molecule has 34 heavy (non-hydrogen) atoms. The van der Waals surface area contributed by atoms with Gasteiger partial charge in [0.1, 0.15) is 11.4 Å². The summed E-state index contributed by atoms with van der Waals surface area (Å²) in [5.41, 5.74) is 6.81. The highest BCUT2D eigenvalue weighted by atomic mass is 19.4. The van der Waals surface area contributed by atoms with Gasteiger partial charge in [-0.3, -0.25) is 4.79 Å². The third-order valence-electron chi connectivity index (χ3n) is 6.06. The Kier molecular flexibility index (Phi) is 8.32. The van der Waals surface area contributed by atoms with Gasteiger partial charge in [-0.1, -0.05) is 0 Å². The molecule has 8 nitrogen and oxygen atoms in total. The van der Waals surface area contributed by atoms with E-state index in [0.29, 0.717) is 29.4 Å². The Labute approximate surface area is 196 Å². The predicted molar refractivity (Wildman–Crippen MR) is 121 cm³/mol. The van der Waals surface area contributed by atoms with Crippen molar-refractivity contribution < 1.29 is 27.8 Å². The highest BCUT2D eigenvalue weighted by Gasteiger charge is 2.31. The number of aromatic nitrogens is 2. The first kappa shape index (κ1) is 25.7. The Bertz CT molecular complexity index is 1020. The second-order valence-corrected chi connectivity index (χ2v) is 8.40. The van der Waals surface area contributed by atoms with Crippen LogP contribution in [0.3, 0.4) is 0 Å². The summed E-state index contributed by atoms with van der Waals surface area (Å²) < 4.78 is 43.5. The first-order valence-electron chi connectivity index (χ1n) is 11.2. The number of anilines is 1. The quantitative estimate of drug-likeness (QED) is 0.492. The van der Waals surface area contributed by atoms with E-state index >= 15 is 0 Å². The molecule has 0 unspecified atom stereocenters. The van der Waals surface area contributed by atoms with E-state index in [1.807, 2.05) is 0 Å². The maximum absolute atomic E-state index is 12.9. The predicted octanol–water partition coefficient (Wildman–Crippen LogP) is 3.46. The van der Waals surface area contributed by atoms with Crippen molar-refractivity contribution >= 4 is 11.8 Å². The van der Waals surface area contributed by atoms with Gasteiger partial charge in [0.15, 0.2) is 5.82 Å². The number of benzene rings is 1. The summed E-state index contributed by atoms with van der Waals surface area (Å²) in [4.78, 5) is 13.6. The lowest BCUT2D eigenvalue weighted by atomic mass is 10.00. The van der Waals surface area contributed by atoms with Crippen LogP contribution in [0.25, 0.3) is 11.3 Å². The number of likely N-dealkylation sites (tertiary alicyclic amines) is 1. The first-order chi connectivity index (χ1) is 16.1. The molecule has 1 aliphatic heterocycles. The molecule has 2 heterocycles. The van der Waals surface area contributed by atoms with E-state index in [4.69, 9.17) is 5.73 Å². The number of rotatable bonds is 8. The minimum Gasteiger partial charge on any atom is -0.507 e. The van der Waals surface area contributed by atoms with Crippen LogP contribution in [0.15, 0.2) is 18.2 Å². The Balaban J connectivity index is 1.75. The van der Waals surface area contributed by atoms with Gasteiger partial charge in [0.2, 0.25) is 0 Å². The summed E-state index contributed by atoms with van der Waals surface area (Å²) in [5, 5.41) is 22.1. The number of esters is 1. The number of halogens is 3. The van der Waals surface area contributed by atoms with Gasteiger partial charge in [-0.2, -0.15) is 13.2 Å². The number of nitrogens with zero attached hydrogens (tertiary/aromatic N) is 3. The van der Waals surface area contributed by atoms with E-state index in [1.54, 1.807) is 6.92 Å². The summed E-state index contributed by atoms with van der Waals surface area (Å²) in [6.45, 7) is 4.41. The molecule has 0 spiro atoms. The van der Waals surface area contributed by atoms with E-state index in [9.17, 15) is 23.1 Å². The number of nitrogens with one attached hydrogen (secondary N) is 1. The maximum atomic E-state index is 12.9. The van der Waals surface area contributed by atoms with E-state index in [2.05, 4.69) is 25.2 Å². The Hall–Kier alpha value is -2.92. The van der Waals surface area contributed by atoms with Gasteiger partial charge in [-0.05, 0) is 63.0 Å². The van der Waals surface area contributed by atoms with Crippen molar-refractivity contribution in [3.63, 3.8) is 0 Å². The van der Waals surface area contributed by atoms with Crippen molar-refractivity contribution in [3.8, 4) is 17.0 Å². The number of piperidine rings is 1. The molecule has 0 aliphatic carbocycles. The molecular weight excluding hydrogens is 451 g/mol. The Morgan fingerprint density at radius 3 is 2.76 bits per heavy atom. The summed E-state index contributed by atoms with van der Waals surface area (Å²) in [7, 11) is 1.38. The Morgan fingerprint density at radius 2 is 2.12 bits per heavy atom. The average Bonchev–Trinajstić information content (AvgIpc) is 2.79. The maximum Gasteiger partial charge on any atom is 0.416 e. The van der Waals surface area contributed by atoms with E-state index < -0.39 is 17.5 Å². The van der Waals surface area contributed by atoms with E-state index in [-0.39, 0.29) is 29.8 Å². The number of phenolic OH excluding ortho intramolecular Hbond substituents is 1. The zero-order valence-electron chi connectivity index (χ0n) is 19.3. The molecule has 1 aromatic carbocycles. The molecule has 0 amide bonds. The largest absolute Gasteiger partial charge is 0.507 e.